The van der Waals surface area contributed by atoms with Crippen molar-refractivity contribution in [3.05, 3.63) is 0 Å². The minimum absolute atomic E-state index is 0.0685. The Balaban J connectivity index is 1.69. The average molecular weight is 211 g/mol. The van der Waals surface area contributed by atoms with Crippen LogP contribution in [0.3, 0.4) is 0 Å². The number of carboxylic acids is 1. The van der Waals surface area contributed by atoms with Gasteiger partial charge in [-0.2, -0.15) is 0 Å². The molecule has 2 fully saturated rings. The summed E-state index contributed by atoms with van der Waals surface area (Å²) in [7, 11) is 2.15. The van der Waals surface area contributed by atoms with Crippen molar-refractivity contribution >= 4 is 5.97 Å². The summed E-state index contributed by atoms with van der Waals surface area (Å²) in [6.45, 7) is 1.18. The van der Waals surface area contributed by atoms with Crippen LogP contribution in [0.2, 0.25) is 0 Å². The van der Waals surface area contributed by atoms with Crippen molar-refractivity contribution in [2.45, 2.75) is 44.6 Å². The fourth-order valence-corrected chi connectivity index (χ4v) is 2.90. The molecule has 0 heterocycles. The zero-order valence-corrected chi connectivity index (χ0v) is 9.48. The van der Waals surface area contributed by atoms with Crippen LogP contribution < -0.4 is 0 Å². The first-order valence-corrected chi connectivity index (χ1v) is 6.10. The third-order valence-electron chi connectivity index (χ3n) is 4.11. The van der Waals surface area contributed by atoms with Gasteiger partial charge in [-0.25, -0.2) is 0 Å². The lowest BCUT2D eigenvalue weighted by atomic mass is 9.79. The SMILES string of the molecule is CN(CC1CCCC1)C1CC(C(=O)O)C1. The number of aliphatic carboxylic acids is 1. The van der Waals surface area contributed by atoms with Crippen LogP contribution in [-0.2, 0) is 4.79 Å². The molecule has 0 saturated heterocycles. The van der Waals surface area contributed by atoms with Crippen LogP contribution >= 0.6 is 0 Å². The largest absolute Gasteiger partial charge is 0.481 e. The van der Waals surface area contributed by atoms with Crippen molar-refractivity contribution in [2.24, 2.45) is 11.8 Å². The van der Waals surface area contributed by atoms with Crippen LogP contribution in [0, 0.1) is 11.8 Å². The van der Waals surface area contributed by atoms with E-state index in [-0.39, 0.29) is 5.92 Å². The first kappa shape index (κ1) is 10.9. The molecular formula is C12H21NO2. The Morgan fingerprint density at radius 2 is 1.93 bits per heavy atom. The normalized spacial score (nSPS) is 31.9. The minimum Gasteiger partial charge on any atom is -0.481 e. The molecule has 0 aromatic heterocycles. The Hall–Kier alpha value is -0.570. The smallest absolute Gasteiger partial charge is 0.306 e. The lowest BCUT2D eigenvalue weighted by Gasteiger charge is -2.40. The summed E-state index contributed by atoms with van der Waals surface area (Å²) < 4.78 is 0. The second-order valence-electron chi connectivity index (χ2n) is 5.25. The molecule has 1 N–H and O–H groups in total. The first-order chi connectivity index (χ1) is 7.16. The number of hydrogen-bond donors (Lipinski definition) is 1. The van der Waals surface area contributed by atoms with E-state index in [0.717, 1.165) is 18.8 Å². The van der Waals surface area contributed by atoms with Crippen LogP contribution in [0.1, 0.15) is 38.5 Å². The highest BCUT2D eigenvalue weighted by molar-refractivity contribution is 5.71. The summed E-state index contributed by atoms with van der Waals surface area (Å²) in [6, 6.07) is 0.534. The molecule has 0 bridgehead atoms. The summed E-state index contributed by atoms with van der Waals surface area (Å²) in [5.74, 6) is 0.195. The van der Waals surface area contributed by atoms with E-state index in [1.165, 1.54) is 32.2 Å². The molecule has 0 aromatic rings. The lowest BCUT2D eigenvalue weighted by molar-refractivity contribution is -0.146. The summed E-state index contributed by atoms with van der Waals surface area (Å²) in [6.07, 6.45) is 7.25. The highest BCUT2D eigenvalue weighted by Gasteiger charge is 2.37. The molecule has 3 nitrogen and oxygen atoms in total. The molecule has 2 aliphatic rings. The van der Waals surface area contributed by atoms with Crippen LogP contribution in [-0.4, -0.2) is 35.6 Å². The highest BCUT2D eigenvalue weighted by atomic mass is 16.4. The zero-order valence-electron chi connectivity index (χ0n) is 9.48. The molecule has 0 spiro atoms. The van der Waals surface area contributed by atoms with E-state index in [4.69, 9.17) is 5.11 Å². The van der Waals surface area contributed by atoms with E-state index < -0.39 is 5.97 Å². The minimum atomic E-state index is -0.611. The maximum atomic E-state index is 10.7. The number of hydrogen-bond acceptors (Lipinski definition) is 2. The van der Waals surface area contributed by atoms with E-state index in [2.05, 4.69) is 11.9 Å². The van der Waals surface area contributed by atoms with Gasteiger partial charge in [-0.15, -0.1) is 0 Å². The van der Waals surface area contributed by atoms with Crippen molar-refractivity contribution in [3.63, 3.8) is 0 Å². The monoisotopic (exact) mass is 211 g/mol. The molecule has 0 atom stereocenters. The predicted molar refractivity (Wildman–Crippen MR) is 58.7 cm³/mol. The topological polar surface area (TPSA) is 40.5 Å². The molecule has 2 aliphatic carbocycles. The molecule has 2 rings (SSSR count). The molecule has 0 unspecified atom stereocenters. The van der Waals surface area contributed by atoms with Crippen LogP contribution in [0.25, 0.3) is 0 Å². The summed E-state index contributed by atoms with van der Waals surface area (Å²) in [5, 5.41) is 8.80. The molecule has 0 amide bonds. The maximum Gasteiger partial charge on any atom is 0.306 e. The molecule has 0 aliphatic heterocycles. The number of carbonyl (C=O) groups is 1. The van der Waals surface area contributed by atoms with Crippen molar-refractivity contribution < 1.29 is 9.90 Å². The molecule has 0 aromatic carbocycles. The standard InChI is InChI=1S/C12H21NO2/c1-13(8-9-4-2-3-5-9)11-6-10(7-11)12(14)15/h9-11H,2-8H2,1H3,(H,14,15). The summed E-state index contributed by atoms with van der Waals surface area (Å²) >= 11 is 0. The van der Waals surface area contributed by atoms with Gasteiger partial charge in [0.2, 0.25) is 0 Å². The lowest BCUT2D eigenvalue weighted by Crippen LogP contribution is -2.46. The quantitative estimate of drug-likeness (QED) is 0.773. The summed E-state index contributed by atoms with van der Waals surface area (Å²) in [4.78, 5) is 13.1. The zero-order chi connectivity index (χ0) is 10.8. The molecular weight excluding hydrogens is 190 g/mol. The molecule has 86 valence electrons. The second kappa shape index (κ2) is 4.52. The van der Waals surface area contributed by atoms with Gasteiger partial charge >= 0.3 is 5.97 Å². The molecule has 2 saturated carbocycles. The van der Waals surface area contributed by atoms with E-state index in [1.54, 1.807) is 0 Å². The Bertz CT molecular complexity index is 230. The van der Waals surface area contributed by atoms with Gasteiger partial charge < -0.3 is 10.0 Å². The van der Waals surface area contributed by atoms with E-state index in [9.17, 15) is 4.79 Å². The predicted octanol–water partition coefficient (Wildman–Crippen LogP) is 1.97. The van der Waals surface area contributed by atoms with Crippen molar-refractivity contribution in [1.82, 2.24) is 4.90 Å². The van der Waals surface area contributed by atoms with Gasteiger partial charge in [-0.05, 0) is 38.6 Å². The van der Waals surface area contributed by atoms with Gasteiger partial charge in [0.1, 0.15) is 0 Å². The van der Waals surface area contributed by atoms with Gasteiger partial charge in [0.15, 0.2) is 0 Å². The Labute approximate surface area is 91.5 Å². The molecule has 0 radical (unpaired) electrons. The first-order valence-electron chi connectivity index (χ1n) is 6.10. The van der Waals surface area contributed by atoms with Crippen molar-refractivity contribution in [1.29, 1.82) is 0 Å². The Kier molecular flexibility index (Phi) is 3.29. The van der Waals surface area contributed by atoms with Gasteiger partial charge in [0.05, 0.1) is 5.92 Å². The fourth-order valence-electron chi connectivity index (χ4n) is 2.90. The number of nitrogens with zero attached hydrogens (tertiary/aromatic N) is 1. The number of carboxylic acid groups (broad SMARTS) is 1. The second-order valence-corrected chi connectivity index (χ2v) is 5.25. The van der Waals surface area contributed by atoms with Gasteiger partial charge in [0, 0.05) is 12.6 Å². The van der Waals surface area contributed by atoms with E-state index >= 15 is 0 Å². The molecule has 15 heavy (non-hydrogen) atoms. The van der Waals surface area contributed by atoms with Crippen LogP contribution in [0.5, 0.6) is 0 Å². The third kappa shape index (κ3) is 2.51. The van der Waals surface area contributed by atoms with Gasteiger partial charge in [-0.1, -0.05) is 12.8 Å². The Morgan fingerprint density at radius 1 is 1.33 bits per heavy atom. The summed E-state index contributed by atoms with van der Waals surface area (Å²) in [5.41, 5.74) is 0. The van der Waals surface area contributed by atoms with E-state index in [1.807, 2.05) is 0 Å². The average Bonchev–Trinajstić information content (AvgIpc) is 2.52. The van der Waals surface area contributed by atoms with Crippen LogP contribution in [0.4, 0.5) is 0 Å². The fraction of sp³-hybridized carbons (Fsp3) is 0.917. The van der Waals surface area contributed by atoms with Crippen LogP contribution in [0.15, 0.2) is 0 Å². The maximum absolute atomic E-state index is 10.7. The number of rotatable bonds is 4. The van der Waals surface area contributed by atoms with Gasteiger partial charge in [-0.3, -0.25) is 4.79 Å². The Morgan fingerprint density at radius 3 is 2.47 bits per heavy atom. The van der Waals surface area contributed by atoms with Crippen molar-refractivity contribution in [3.8, 4) is 0 Å². The van der Waals surface area contributed by atoms with Gasteiger partial charge in [0.25, 0.3) is 0 Å². The third-order valence-corrected chi connectivity index (χ3v) is 4.11. The van der Waals surface area contributed by atoms with Crippen molar-refractivity contribution in [2.75, 3.05) is 13.6 Å². The van der Waals surface area contributed by atoms with E-state index in [0.29, 0.717) is 6.04 Å². The highest BCUT2D eigenvalue weighted by Crippen LogP contribution is 2.33. The molecule has 3 heteroatoms.